The van der Waals surface area contributed by atoms with Gasteiger partial charge in [-0.2, -0.15) is 13.2 Å². The van der Waals surface area contributed by atoms with E-state index >= 15 is 0 Å². The fraction of sp³-hybridized carbons (Fsp3) is 0.500. The van der Waals surface area contributed by atoms with E-state index in [0.717, 1.165) is 5.56 Å². The van der Waals surface area contributed by atoms with Gasteiger partial charge in [0.05, 0.1) is 6.54 Å². The lowest BCUT2D eigenvalue weighted by Crippen LogP contribution is -2.53. The first kappa shape index (κ1) is 16.5. The molecule has 1 aliphatic heterocycles. The molecule has 1 fully saturated rings. The lowest BCUT2D eigenvalue weighted by atomic mass is 10.2. The molecule has 0 atom stereocenters. The normalized spacial score (nSPS) is 16.6. The fourth-order valence-corrected chi connectivity index (χ4v) is 2.25. The summed E-state index contributed by atoms with van der Waals surface area (Å²) >= 11 is 0. The van der Waals surface area contributed by atoms with Crippen LogP contribution in [0, 0.1) is 5.82 Å². The predicted octanol–water partition coefficient (Wildman–Crippen LogP) is 2.22. The Morgan fingerprint density at radius 1 is 1.09 bits per heavy atom. The second-order valence-electron chi connectivity index (χ2n) is 5.16. The third-order valence-electron chi connectivity index (χ3n) is 3.42. The van der Waals surface area contributed by atoms with Crippen molar-refractivity contribution in [3.8, 4) is 0 Å². The number of nitrogens with zero attached hydrogens (tertiary/aromatic N) is 2. The maximum absolute atomic E-state index is 12.8. The Morgan fingerprint density at radius 3 is 2.23 bits per heavy atom. The Kier molecular flexibility index (Phi) is 5.23. The van der Waals surface area contributed by atoms with Crippen molar-refractivity contribution in [2.45, 2.75) is 12.7 Å². The minimum absolute atomic E-state index is 0.198. The molecule has 1 saturated heterocycles. The smallest absolute Gasteiger partial charge is 0.334 e. The molecule has 0 aromatic heterocycles. The van der Waals surface area contributed by atoms with Crippen LogP contribution < -0.4 is 5.32 Å². The van der Waals surface area contributed by atoms with Crippen LogP contribution in [0.15, 0.2) is 24.3 Å². The van der Waals surface area contributed by atoms with Crippen LogP contribution in [0.2, 0.25) is 0 Å². The fourth-order valence-electron chi connectivity index (χ4n) is 2.25. The van der Waals surface area contributed by atoms with Crippen LogP contribution in [0.5, 0.6) is 0 Å². The van der Waals surface area contributed by atoms with E-state index < -0.39 is 12.7 Å². The van der Waals surface area contributed by atoms with Crippen molar-refractivity contribution in [1.82, 2.24) is 15.1 Å². The highest BCUT2D eigenvalue weighted by Crippen LogP contribution is 2.17. The van der Waals surface area contributed by atoms with Gasteiger partial charge in [-0.1, -0.05) is 12.1 Å². The topological polar surface area (TPSA) is 35.6 Å². The molecule has 8 heteroatoms. The number of amides is 2. The summed E-state index contributed by atoms with van der Waals surface area (Å²) in [7, 11) is 0. The van der Waals surface area contributed by atoms with E-state index in [9.17, 15) is 22.4 Å². The van der Waals surface area contributed by atoms with Gasteiger partial charge < -0.3 is 10.2 Å². The number of alkyl halides is 3. The Labute approximate surface area is 125 Å². The molecule has 1 aromatic rings. The minimum atomic E-state index is -4.22. The molecule has 0 radical (unpaired) electrons. The van der Waals surface area contributed by atoms with Gasteiger partial charge in [0.1, 0.15) is 5.82 Å². The lowest BCUT2D eigenvalue weighted by Gasteiger charge is -2.34. The second-order valence-corrected chi connectivity index (χ2v) is 5.16. The quantitative estimate of drug-likeness (QED) is 0.867. The number of hydrogen-bond donors (Lipinski definition) is 1. The third-order valence-corrected chi connectivity index (χ3v) is 3.42. The highest BCUT2D eigenvalue weighted by Gasteiger charge is 2.32. The summed E-state index contributed by atoms with van der Waals surface area (Å²) in [6.45, 7) is 0.212. The van der Waals surface area contributed by atoms with E-state index in [1.54, 1.807) is 12.1 Å². The number of urea groups is 1. The first-order valence-corrected chi connectivity index (χ1v) is 6.90. The van der Waals surface area contributed by atoms with Crippen LogP contribution in [0.1, 0.15) is 5.56 Å². The molecule has 0 unspecified atom stereocenters. The lowest BCUT2D eigenvalue weighted by molar-refractivity contribution is -0.148. The van der Waals surface area contributed by atoms with Gasteiger partial charge in [-0.15, -0.1) is 0 Å². The number of carbonyl (C=O) groups is 1. The zero-order chi connectivity index (χ0) is 16.2. The molecule has 0 bridgehead atoms. The Balaban J connectivity index is 1.74. The first-order chi connectivity index (χ1) is 10.3. The number of nitrogens with one attached hydrogen (secondary N) is 1. The molecule has 1 aromatic carbocycles. The molecule has 4 nitrogen and oxygen atoms in total. The van der Waals surface area contributed by atoms with E-state index in [-0.39, 0.29) is 44.6 Å². The molecular formula is C14H17F4N3O. The zero-order valence-electron chi connectivity index (χ0n) is 11.9. The number of piperazine rings is 1. The van der Waals surface area contributed by atoms with Gasteiger partial charge in [0.25, 0.3) is 0 Å². The molecular weight excluding hydrogens is 302 g/mol. The molecule has 22 heavy (non-hydrogen) atoms. The minimum Gasteiger partial charge on any atom is -0.334 e. The van der Waals surface area contributed by atoms with E-state index in [1.165, 1.54) is 21.9 Å². The van der Waals surface area contributed by atoms with Crippen molar-refractivity contribution in [2.24, 2.45) is 0 Å². The average Bonchev–Trinajstić information content (AvgIpc) is 2.45. The molecule has 2 amide bonds. The van der Waals surface area contributed by atoms with Crippen molar-refractivity contribution in [2.75, 3.05) is 32.7 Å². The van der Waals surface area contributed by atoms with Crippen LogP contribution in [0.4, 0.5) is 22.4 Å². The summed E-state index contributed by atoms with van der Waals surface area (Å²) in [5, 5.41) is 2.68. The third kappa shape index (κ3) is 5.18. The number of benzene rings is 1. The standard InChI is InChI=1S/C14H17F4N3O/c15-12-3-1-11(2-4-12)9-19-13(22)21-7-5-20(6-8-21)10-14(16,17)18/h1-4H,5-10H2,(H,19,22). The second kappa shape index (κ2) is 6.95. The number of rotatable bonds is 3. The maximum atomic E-state index is 12.8. The molecule has 1 N–H and O–H groups in total. The summed E-state index contributed by atoms with van der Waals surface area (Å²) in [6, 6.07) is 5.42. The van der Waals surface area contributed by atoms with E-state index in [1.807, 2.05) is 0 Å². The number of halogens is 4. The molecule has 0 aliphatic carbocycles. The first-order valence-electron chi connectivity index (χ1n) is 6.90. The van der Waals surface area contributed by atoms with Gasteiger partial charge in [-0.05, 0) is 17.7 Å². The largest absolute Gasteiger partial charge is 0.401 e. The van der Waals surface area contributed by atoms with E-state index in [2.05, 4.69) is 5.32 Å². The van der Waals surface area contributed by atoms with Gasteiger partial charge >= 0.3 is 12.2 Å². The highest BCUT2D eigenvalue weighted by atomic mass is 19.4. The average molecular weight is 319 g/mol. The van der Waals surface area contributed by atoms with Gasteiger partial charge in [0, 0.05) is 32.7 Å². The van der Waals surface area contributed by atoms with Crippen LogP contribution >= 0.6 is 0 Å². The van der Waals surface area contributed by atoms with Crippen LogP contribution in [0.3, 0.4) is 0 Å². The van der Waals surface area contributed by atoms with Gasteiger partial charge in [0.2, 0.25) is 0 Å². The van der Waals surface area contributed by atoms with Crippen molar-refractivity contribution >= 4 is 6.03 Å². The monoisotopic (exact) mass is 319 g/mol. The summed E-state index contributed by atoms with van der Waals surface area (Å²) in [6.07, 6.45) is -4.22. The van der Waals surface area contributed by atoms with Crippen LogP contribution in [-0.2, 0) is 6.54 Å². The van der Waals surface area contributed by atoms with Crippen LogP contribution in [0.25, 0.3) is 0 Å². The summed E-state index contributed by atoms with van der Waals surface area (Å²) in [4.78, 5) is 14.7. The van der Waals surface area contributed by atoms with Crippen molar-refractivity contribution < 1.29 is 22.4 Å². The molecule has 1 heterocycles. The Hall–Kier alpha value is -1.83. The van der Waals surface area contributed by atoms with Gasteiger partial charge in [-0.25, -0.2) is 9.18 Å². The number of hydrogen-bond acceptors (Lipinski definition) is 2. The van der Waals surface area contributed by atoms with Crippen molar-refractivity contribution in [3.05, 3.63) is 35.6 Å². The Bertz CT molecular complexity index is 496. The Morgan fingerprint density at radius 2 is 1.68 bits per heavy atom. The molecule has 1 aliphatic rings. The zero-order valence-corrected chi connectivity index (χ0v) is 11.9. The van der Waals surface area contributed by atoms with E-state index in [4.69, 9.17) is 0 Å². The number of carbonyl (C=O) groups excluding carboxylic acids is 1. The molecule has 2 rings (SSSR count). The van der Waals surface area contributed by atoms with E-state index in [0.29, 0.717) is 0 Å². The highest BCUT2D eigenvalue weighted by molar-refractivity contribution is 5.74. The van der Waals surface area contributed by atoms with Crippen molar-refractivity contribution in [1.29, 1.82) is 0 Å². The summed E-state index contributed by atoms with van der Waals surface area (Å²) in [5.74, 6) is -0.351. The summed E-state index contributed by atoms with van der Waals surface area (Å²) < 4.78 is 49.6. The SMILES string of the molecule is O=C(NCc1ccc(F)cc1)N1CCN(CC(F)(F)F)CC1. The maximum Gasteiger partial charge on any atom is 0.401 e. The van der Waals surface area contributed by atoms with Gasteiger partial charge in [-0.3, -0.25) is 4.90 Å². The van der Waals surface area contributed by atoms with Crippen LogP contribution in [-0.4, -0.2) is 54.7 Å². The van der Waals surface area contributed by atoms with Gasteiger partial charge in [0.15, 0.2) is 0 Å². The molecule has 0 saturated carbocycles. The summed E-state index contributed by atoms with van der Waals surface area (Å²) in [5.41, 5.74) is 0.755. The molecule has 0 spiro atoms. The predicted molar refractivity (Wildman–Crippen MR) is 72.7 cm³/mol. The van der Waals surface area contributed by atoms with Crippen molar-refractivity contribution in [3.63, 3.8) is 0 Å². The molecule has 122 valence electrons.